The van der Waals surface area contributed by atoms with Crippen LogP contribution in [0.2, 0.25) is 0 Å². The highest BCUT2D eigenvalue weighted by Gasteiger charge is 2.40. The van der Waals surface area contributed by atoms with Crippen LogP contribution >= 0.6 is 0 Å². The molecule has 0 aromatic rings. The second kappa shape index (κ2) is 6.59. The number of rotatable bonds is 7. The SMILES string of the molecule is C=C(N=CN)[C@@H]1C[C@H]1NC(=O)OCCC(C)(C)CC. The Labute approximate surface area is 115 Å². The summed E-state index contributed by atoms with van der Waals surface area (Å²) >= 11 is 0. The molecule has 5 nitrogen and oxygen atoms in total. The first-order valence-corrected chi connectivity index (χ1v) is 6.76. The predicted octanol–water partition coefficient (Wildman–Crippen LogP) is 2.43. The maximum absolute atomic E-state index is 11.6. The topological polar surface area (TPSA) is 76.7 Å². The van der Waals surface area contributed by atoms with Crippen LogP contribution in [0.4, 0.5) is 4.79 Å². The Bertz CT molecular complexity index is 364. The first-order chi connectivity index (χ1) is 8.89. The van der Waals surface area contributed by atoms with Crippen LogP contribution in [0.3, 0.4) is 0 Å². The molecule has 19 heavy (non-hydrogen) atoms. The third-order valence-corrected chi connectivity index (χ3v) is 3.73. The molecule has 0 bridgehead atoms. The van der Waals surface area contributed by atoms with Crippen molar-refractivity contribution in [1.29, 1.82) is 0 Å². The Balaban J connectivity index is 2.18. The molecule has 0 aromatic carbocycles. The number of hydrogen-bond donors (Lipinski definition) is 2. The monoisotopic (exact) mass is 267 g/mol. The van der Waals surface area contributed by atoms with Crippen LogP contribution in [0.1, 0.15) is 40.0 Å². The van der Waals surface area contributed by atoms with Crippen LogP contribution < -0.4 is 11.1 Å². The largest absolute Gasteiger partial charge is 0.450 e. The fourth-order valence-corrected chi connectivity index (χ4v) is 1.70. The number of nitrogens with one attached hydrogen (secondary N) is 1. The summed E-state index contributed by atoms with van der Waals surface area (Å²) in [5.41, 5.74) is 6.12. The molecule has 2 atom stereocenters. The molecule has 1 aliphatic carbocycles. The van der Waals surface area contributed by atoms with Gasteiger partial charge in [-0.25, -0.2) is 9.79 Å². The lowest BCUT2D eigenvalue weighted by atomic mass is 9.87. The van der Waals surface area contributed by atoms with Crippen molar-refractivity contribution in [3.05, 3.63) is 12.3 Å². The maximum Gasteiger partial charge on any atom is 0.407 e. The molecule has 0 radical (unpaired) electrons. The van der Waals surface area contributed by atoms with Crippen molar-refractivity contribution in [3.63, 3.8) is 0 Å². The zero-order chi connectivity index (χ0) is 14.5. The van der Waals surface area contributed by atoms with E-state index in [1.54, 1.807) is 0 Å². The summed E-state index contributed by atoms with van der Waals surface area (Å²) in [6, 6.07) is 0.0860. The molecule has 0 spiro atoms. The van der Waals surface area contributed by atoms with Crippen molar-refractivity contribution in [2.45, 2.75) is 46.1 Å². The lowest BCUT2D eigenvalue weighted by Gasteiger charge is -2.21. The van der Waals surface area contributed by atoms with E-state index in [4.69, 9.17) is 10.5 Å². The highest BCUT2D eigenvalue weighted by Crippen LogP contribution is 2.36. The van der Waals surface area contributed by atoms with Gasteiger partial charge in [-0.15, -0.1) is 0 Å². The number of alkyl carbamates (subject to hydrolysis) is 1. The zero-order valence-electron chi connectivity index (χ0n) is 12.1. The van der Waals surface area contributed by atoms with E-state index in [0.29, 0.717) is 12.3 Å². The molecule has 0 aliphatic heterocycles. The van der Waals surface area contributed by atoms with Gasteiger partial charge in [0.15, 0.2) is 0 Å². The van der Waals surface area contributed by atoms with Gasteiger partial charge in [-0.05, 0) is 18.3 Å². The summed E-state index contributed by atoms with van der Waals surface area (Å²) in [6.07, 6.45) is 3.66. The van der Waals surface area contributed by atoms with Crippen molar-refractivity contribution in [3.8, 4) is 0 Å². The van der Waals surface area contributed by atoms with E-state index in [-0.39, 0.29) is 23.5 Å². The molecular formula is C14H25N3O2. The van der Waals surface area contributed by atoms with E-state index in [1.165, 1.54) is 6.34 Å². The molecule has 0 unspecified atom stereocenters. The van der Waals surface area contributed by atoms with Crippen LogP contribution in [0.15, 0.2) is 17.3 Å². The van der Waals surface area contributed by atoms with Crippen molar-refractivity contribution in [1.82, 2.24) is 5.32 Å². The van der Waals surface area contributed by atoms with Gasteiger partial charge in [0.25, 0.3) is 0 Å². The van der Waals surface area contributed by atoms with Crippen LogP contribution in [0.25, 0.3) is 0 Å². The van der Waals surface area contributed by atoms with Gasteiger partial charge < -0.3 is 15.8 Å². The molecule has 5 heteroatoms. The van der Waals surface area contributed by atoms with Gasteiger partial charge in [0.1, 0.15) is 0 Å². The average molecular weight is 267 g/mol. The van der Waals surface area contributed by atoms with Crippen molar-refractivity contribution in [2.75, 3.05) is 6.61 Å². The summed E-state index contributed by atoms with van der Waals surface area (Å²) in [5.74, 6) is 0.194. The van der Waals surface area contributed by atoms with Gasteiger partial charge in [0.05, 0.1) is 12.9 Å². The van der Waals surface area contributed by atoms with Gasteiger partial charge >= 0.3 is 6.09 Å². The second-order valence-electron chi connectivity index (χ2n) is 5.77. The second-order valence-corrected chi connectivity index (χ2v) is 5.77. The Morgan fingerprint density at radius 1 is 1.63 bits per heavy atom. The molecule has 1 rings (SSSR count). The molecule has 1 aliphatic rings. The molecule has 0 saturated heterocycles. The number of ether oxygens (including phenoxy) is 1. The van der Waals surface area contributed by atoms with Crippen molar-refractivity contribution in [2.24, 2.45) is 22.1 Å². The third kappa shape index (κ3) is 5.32. The number of nitrogens with zero attached hydrogens (tertiary/aromatic N) is 1. The highest BCUT2D eigenvalue weighted by atomic mass is 16.5. The summed E-state index contributed by atoms with van der Waals surface area (Å²) in [6.45, 7) is 10.7. The van der Waals surface area contributed by atoms with Gasteiger partial charge in [0, 0.05) is 17.7 Å². The summed E-state index contributed by atoms with van der Waals surface area (Å²) in [5, 5.41) is 2.81. The molecule has 108 valence electrons. The molecule has 3 N–H and O–H groups in total. The van der Waals surface area contributed by atoms with Crippen LogP contribution in [0.5, 0.6) is 0 Å². The number of carbonyl (C=O) groups excluding carboxylic acids is 1. The third-order valence-electron chi connectivity index (χ3n) is 3.73. The minimum atomic E-state index is -0.357. The molecular weight excluding hydrogens is 242 g/mol. The Kier molecular flexibility index (Phi) is 5.39. The van der Waals surface area contributed by atoms with E-state index in [2.05, 4.69) is 37.7 Å². The fourth-order valence-electron chi connectivity index (χ4n) is 1.70. The Hall–Kier alpha value is -1.52. The molecule has 0 aromatic heterocycles. The highest BCUT2D eigenvalue weighted by molar-refractivity contribution is 5.68. The van der Waals surface area contributed by atoms with E-state index < -0.39 is 0 Å². The minimum Gasteiger partial charge on any atom is -0.450 e. The number of hydrogen-bond acceptors (Lipinski definition) is 3. The summed E-state index contributed by atoms with van der Waals surface area (Å²) < 4.78 is 5.18. The molecule has 1 fully saturated rings. The van der Waals surface area contributed by atoms with Gasteiger partial charge in [-0.3, -0.25) is 0 Å². The first-order valence-electron chi connectivity index (χ1n) is 6.76. The number of aliphatic imine (C=N–C) groups is 1. The van der Waals surface area contributed by atoms with Gasteiger partial charge in [-0.1, -0.05) is 33.8 Å². The fraction of sp³-hybridized carbons (Fsp3) is 0.714. The first kappa shape index (κ1) is 15.5. The van der Waals surface area contributed by atoms with Crippen molar-refractivity contribution >= 4 is 12.4 Å². The van der Waals surface area contributed by atoms with Crippen LogP contribution in [-0.2, 0) is 4.74 Å². The van der Waals surface area contributed by atoms with Crippen LogP contribution in [-0.4, -0.2) is 25.1 Å². The zero-order valence-corrected chi connectivity index (χ0v) is 12.1. The standard InChI is InChI=1S/C14H25N3O2/c1-5-14(3,4)6-7-19-13(18)17-12-8-11(12)10(2)16-9-15/h9,11-12H,2,5-8H2,1,3-4H3,(H2,15,16)(H,17,18)/t11-,12+/m0/s1. The molecule has 1 amide bonds. The Morgan fingerprint density at radius 3 is 2.89 bits per heavy atom. The average Bonchev–Trinajstić information content (AvgIpc) is 3.08. The Morgan fingerprint density at radius 2 is 2.32 bits per heavy atom. The van der Waals surface area contributed by atoms with E-state index in [9.17, 15) is 4.79 Å². The molecule has 0 heterocycles. The quantitative estimate of drug-likeness (QED) is 0.549. The van der Waals surface area contributed by atoms with E-state index >= 15 is 0 Å². The van der Waals surface area contributed by atoms with Crippen LogP contribution in [0, 0.1) is 11.3 Å². The minimum absolute atomic E-state index is 0.0860. The lowest BCUT2D eigenvalue weighted by molar-refractivity contribution is 0.126. The maximum atomic E-state index is 11.6. The number of carbonyl (C=O) groups is 1. The van der Waals surface area contributed by atoms with E-state index in [0.717, 1.165) is 19.3 Å². The summed E-state index contributed by atoms with van der Waals surface area (Å²) in [4.78, 5) is 15.5. The van der Waals surface area contributed by atoms with E-state index in [1.807, 2.05) is 0 Å². The number of amides is 1. The lowest BCUT2D eigenvalue weighted by Crippen LogP contribution is -2.29. The predicted molar refractivity (Wildman–Crippen MR) is 76.9 cm³/mol. The number of nitrogens with two attached hydrogens (primary N) is 1. The van der Waals surface area contributed by atoms with Gasteiger partial charge in [0.2, 0.25) is 0 Å². The van der Waals surface area contributed by atoms with Crippen molar-refractivity contribution < 1.29 is 9.53 Å². The smallest absolute Gasteiger partial charge is 0.407 e. The molecule has 1 saturated carbocycles. The normalized spacial score (nSPS) is 22.3. The summed E-state index contributed by atoms with van der Waals surface area (Å²) in [7, 11) is 0. The van der Waals surface area contributed by atoms with Gasteiger partial charge in [-0.2, -0.15) is 0 Å².